The predicted molar refractivity (Wildman–Crippen MR) is 155 cm³/mol. The number of nitrogens with zero attached hydrogens (tertiary/aromatic N) is 4. The molecule has 1 aliphatic rings. The highest BCUT2D eigenvalue weighted by molar-refractivity contribution is 6.51. The van der Waals surface area contributed by atoms with E-state index in [0.29, 0.717) is 0 Å². The molecule has 0 fully saturated rings. The van der Waals surface area contributed by atoms with Crippen LogP contribution in [-0.2, 0) is 0 Å². The minimum absolute atomic E-state index is 0.0904. The molecule has 37 heavy (non-hydrogen) atoms. The van der Waals surface area contributed by atoms with E-state index in [9.17, 15) is 0 Å². The largest absolute Gasteiger partial charge is 0.332 e. The third-order valence-corrected chi connectivity index (χ3v) is 7.22. The zero-order valence-corrected chi connectivity index (χ0v) is 21.4. The summed E-state index contributed by atoms with van der Waals surface area (Å²) in [4.78, 5) is 14.5. The molecule has 0 spiro atoms. The van der Waals surface area contributed by atoms with Crippen LogP contribution in [0.5, 0.6) is 0 Å². The lowest BCUT2D eigenvalue weighted by atomic mass is 9.73. The molecule has 0 aliphatic carbocycles. The van der Waals surface area contributed by atoms with E-state index in [4.69, 9.17) is 9.97 Å². The second-order valence-electron chi connectivity index (χ2n) is 9.58. The van der Waals surface area contributed by atoms with Crippen LogP contribution in [0.4, 0.5) is 0 Å². The van der Waals surface area contributed by atoms with Crippen LogP contribution in [0, 0.1) is 0 Å². The fourth-order valence-corrected chi connectivity index (χ4v) is 5.35. The van der Waals surface area contributed by atoms with Gasteiger partial charge in [0, 0.05) is 41.0 Å². The molecule has 0 unspecified atom stereocenters. The number of pyridine rings is 2. The summed E-state index contributed by atoms with van der Waals surface area (Å²) >= 11 is 0. The maximum Gasteiger partial charge on any atom is 0.148 e. The van der Waals surface area contributed by atoms with Gasteiger partial charge in [-0.05, 0) is 48.7 Å². The van der Waals surface area contributed by atoms with Crippen molar-refractivity contribution in [1.82, 2.24) is 14.5 Å². The van der Waals surface area contributed by atoms with Gasteiger partial charge in [-0.25, -0.2) is 0 Å². The third kappa shape index (κ3) is 4.21. The van der Waals surface area contributed by atoms with Crippen LogP contribution in [0.2, 0.25) is 6.82 Å². The highest BCUT2D eigenvalue weighted by Crippen LogP contribution is 2.37. The molecule has 2 aromatic carbocycles. The molecule has 4 nitrogen and oxygen atoms in total. The van der Waals surface area contributed by atoms with Crippen LogP contribution >= 0.6 is 0 Å². The van der Waals surface area contributed by atoms with E-state index in [0.717, 1.165) is 45.7 Å². The van der Waals surface area contributed by atoms with Crippen molar-refractivity contribution in [3.8, 4) is 11.1 Å². The number of benzene rings is 2. The molecule has 1 aliphatic heterocycles. The number of hydrogen-bond acceptors (Lipinski definition) is 3. The molecule has 0 saturated heterocycles. The first kappa shape index (κ1) is 23.2. The van der Waals surface area contributed by atoms with Crippen LogP contribution in [0.15, 0.2) is 108 Å². The second kappa shape index (κ2) is 9.66. The highest BCUT2D eigenvalue weighted by atomic mass is 15.0. The molecule has 5 heteroatoms. The Labute approximate surface area is 218 Å². The monoisotopic (exact) mass is 479 g/mol. The number of rotatable bonds is 6. The Bertz CT molecular complexity index is 1590. The molecule has 6 rings (SSSR count). The molecule has 1 atom stereocenters. The van der Waals surface area contributed by atoms with Crippen molar-refractivity contribution in [3.05, 3.63) is 120 Å². The maximum atomic E-state index is 5.07. The van der Waals surface area contributed by atoms with E-state index in [1.165, 1.54) is 22.2 Å². The molecule has 0 bridgehead atoms. The number of aromatic nitrogens is 3. The van der Waals surface area contributed by atoms with Gasteiger partial charge in [-0.1, -0.05) is 72.9 Å². The summed E-state index contributed by atoms with van der Waals surface area (Å²) in [6, 6.07) is 27.6. The molecule has 3 aromatic heterocycles. The Morgan fingerprint density at radius 1 is 0.865 bits per heavy atom. The number of aliphatic imine (C=N–C) groups is 1. The van der Waals surface area contributed by atoms with Gasteiger partial charge < -0.3 is 4.57 Å². The van der Waals surface area contributed by atoms with Crippen molar-refractivity contribution in [1.29, 1.82) is 0 Å². The van der Waals surface area contributed by atoms with Crippen molar-refractivity contribution in [2.45, 2.75) is 26.7 Å². The van der Waals surface area contributed by atoms with Gasteiger partial charge in [-0.2, -0.15) is 0 Å². The molecule has 0 N–H and O–H groups in total. The first-order chi connectivity index (χ1) is 18.1. The van der Waals surface area contributed by atoms with Crippen molar-refractivity contribution >= 4 is 35.1 Å². The number of hydrogen-bond donors (Lipinski definition) is 0. The van der Waals surface area contributed by atoms with Crippen molar-refractivity contribution in [3.63, 3.8) is 0 Å². The fraction of sp³-hybridized carbons (Fsp3) is 0.156. The van der Waals surface area contributed by atoms with Gasteiger partial charge >= 0.3 is 0 Å². The summed E-state index contributed by atoms with van der Waals surface area (Å²) in [5, 5.41) is 0. The molecule has 5 aromatic rings. The van der Waals surface area contributed by atoms with E-state index < -0.39 is 0 Å². The zero-order valence-electron chi connectivity index (χ0n) is 21.4. The predicted octanol–water partition coefficient (Wildman–Crippen LogP) is 6.36. The van der Waals surface area contributed by atoms with Crippen LogP contribution in [0.1, 0.15) is 36.7 Å². The molecule has 1 radical (unpaired) electrons. The van der Waals surface area contributed by atoms with E-state index in [1.807, 2.05) is 18.5 Å². The summed E-state index contributed by atoms with van der Waals surface area (Å²) < 4.78 is 2.34. The highest BCUT2D eigenvalue weighted by Gasteiger charge is 2.24. The Hall–Kier alpha value is -4.25. The molecular weight excluding hydrogens is 451 g/mol. The number of allylic oxidation sites excluding steroid dienone is 1. The summed E-state index contributed by atoms with van der Waals surface area (Å²) in [5.41, 5.74) is 12.4. The third-order valence-electron chi connectivity index (χ3n) is 7.22. The lowest BCUT2D eigenvalue weighted by Gasteiger charge is -2.20. The van der Waals surface area contributed by atoms with Crippen molar-refractivity contribution in [2.75, 3.05) is 6.54 Å². The first-order valence-electron chi connectivity index (χ1n) is 12.7. The molecule has 4 heterocycles. The zero-order chi connectivity index (χ0) is 25.4. The summed E-state index contributed by atoms with van der Waals surface area (Å²) in [6.45, 7) is 7.07. The Balaban J connectivity index is 1.63. The normalized spacial score (nSPS) is 14.2. The van der Waals surface area contributed by atoms with Gasteiger partial charge in [-0.3, -0.25) is 15.0 Å². The standard InChI is InChI=1S/C32H28BN4/c1-21-18-35-22(2)30(21)25-17-29-31(36-19-25)27(23-12-14-26(33-3)15-13-23)20-37(29)32(24-9-5-4-6-10-24)28-11-7-8-16-34-28/h4-17,19-20,32H,18H2,1-3H3/t32-/m0/s1. The lowest BCUT2D eigenvalue weighted by molar-refractivity contribution is 0.683. The number of fused-ring (bicyclic) bond motifs is 1. The van der Waals surface area contributed by atoms with Crippen LogP contribution < -0.4 is 5.46 Å². The van der Waals surface area contributed by atoms with Gasteiger partial charge in [0.2, 0.25) is 0 Å². The van der Waals surface area contributed by atoms with Crippen molar-refractivity contribution in [2.24, 2.45) is 4.99 Å². The van der Waals surface area contributed by atoms with Gasteiger partial charge in [0.05, 0.1) is 23.3 Å². The van der Waals surface area contributed by atoms with Crippen LogP contribution in [-0.4, -0.2) is 34.1 Å². The van der Waals surface area contributed by atoms with Gasteiger partial charge in [0.15, 0.2) is 0 Å². The quantitative estimate of drug-likeness (QED) is 0.266. The fourth-order valence-electron chi connectivity index (χ4n) is 5.35. The minimum atomic E-state index is -0.0904. The van der Waals surface area contributed by atoms with Gasteiger partial charge in [0.25, 0.3) is 0 Å². The average molecular weight is 479 g/mol. The van der Waals surface area contributed by atoms with Gasteiger partial charge in [0.1, 0.15) is 13.3 Å². The van der Waals surface area contributed by atoms with E-state index in [-0.39, 0.29) is 6.04 Å². The Kier molecular flexibility index (Phi) is 6.05. The Morgan fingerprint density at radius 3 is 2.32 bits per heavy atom. The summed E-state index contributed by atoms with van der Waals surface area (Å²) in [5.74, 6) is 0. The smallest absolute Gasteiger partial charge is 0.148 e. The van der Waals surface area contributed by atoms with Crippen LogP contribution in [0.25, 0.3) is 27.7 Å². The van der Waals surface area contributed by atoms with E-state index in [2.05, 4.69) is 117 Å². The summed E-state index contributed by atoms with van der Waals surface area (Å²) in [6.07, 6.45) is 6.12. The first-order valence-corrected chi connectivity index (χ1v) is 12.7. The minimum Gasteiger partial charge on any atom is -0.332 e. The van der Waals surface area contributed by atoms with E-state index in [1.54, 1.807) is 0 Å². The topological polar surface area (TPSA) is 43.1 Å². The molecule has 0 amide bonds. The molecule has 0 saturated carbocycles. The maximum absolute atomic E-state index is 5.07. The molecular formula is C32H28BN4. The average Bonchev–Trinajstić information content (AvgIpc) is 3.49. The SMILES string of the molecule is C[B]c1ccc(-c2cn([C@@H](c3ccccc3)c3ccccn3)c3cc(C4=C(C)CN=C4C)cnc23)cc1. The lowest BCUT2D eigenvalue weighted by Crippen LogP contribution is -2.13. The van der Waals surface area contributed by atoms with Gasteiger partial charge in [-0.15, -0.1) is 0 Å². The van der Waals surface area contributed by atoms with E-state index >= 15 is 0 Å². The summed E-state index contributed by atoms with van der Waals surface area (Å²) in [7, 11) is 2.12. The van der Waals surface area contributed by atoms with Crippen LogP contribution in [0.3, 0.4) is 0 Å². The Morgan fingerprint density at radius 2 is 1.65 bits per heavy atom. The van der Waals surface area contributed by atoms with Crippen molar-refractivity contribution < 1.29 is 0 Å². The molecule has 179 valence electrons. The second-order valence-corrected chi connectivity index (χ2v) is 9.58.